The topological polar surface area (TPSA) is 73.1 Å². The van der Waals surface area contributed by atoms with Crippen LogP contribution in [0.5, 0.6) is 0 Å². The van der Waals surface area contributed by atoms with Crippen LogP contribution in [0.25, 0.3) is 10.9 Å². The Hall–Kier alpha value is -1.72. The third-order valence-corrected chi connectivity index (χ3v) is 2.56. The van der Waals surface area contributed by atoms with E-state index in [1.165, 1.54) is 0 Å². The van der Waals surface area contributed by atoms with Crippen molar-refractivity contribution in [3.8, 4) is 0 Å². The zero-order valence-electron chi connectivity index (χ0n) is 9.76. The summed E-state index contributed by atoms with van der Waals surface area (Å²) in [7, 11) is 1.66. The number of rotatable bonds is 5. The van der Waals surface area contributed by atoms with E-state index in [4.69, 9.17) is 10.5 Å². The molecule has 1 atom stereocenters. The van der Waals surface area contributed by atoms with Crippen molar-refractivity contribution in [1.29, 1.82) is 0 Å². The number of nitrogens with two attached hydrogens (primary N) is 1. The van der Waals surface area contributed by atoms with E-state index in [1.807, 2.05) is 24.3 Å². The zero-order chi connectivity index (χ0) is 12.1. The second-order valence-electron chi connectivity index (χ2n) is 3.81. The van der Waals surface area contributed by atoms with Crippen LogP contribution in [0.4, 0.5) is 5.69 Å². The smallest absolute Gasteiger partial charge is 0.0950 e. The van der Waals surface area contributed by atoms with E-state index in [-0.39, 0.29) is 6.04 Å². The fourth-order valence-electron chi connectivity index (χ4n) is 1.71. The number of hydrogen-bond donors (Lipinski definition) is 2. The first-order valence-corrected chi connectivity index (χ1v) is 5.51. The van der Waals surface area contributed by atoms with Crippen molar-refractivity contribution < 1.29 is 4.74 Å². The van der Waals surface area contributed by atoms with E-state index >= 15 is 0 Å². The maximum atomic E-state index is 5.67. The first-order chi connectivity index (χ1) is 8.35. The average Bonchev–Trinajstić information content (AvgIpc) is 2.38. The summed E-state index contributed by atoms with van der Waals surface area (Å²) in [4.78, 5) is 0. The fraction of sp³-hybridized carbons (Fsp3) is 0.333. The Balaban J connectivity index is 2.28. The van der Waals surface area contributed by atoms with Gasteiger partial charge in [0, 0.05) is 19.0 Å². The molecule has 0 fully saturated rings. The van der Waals surface area contributed by atoms with E-state index < -0.39 is 0 Å². The third kappa shape index (κ3) is 2.69. The molecule has 0 spiro atoms. The summed E-state index contributed by atoms with van der Waals surface area (Å²) in [6, 6.07) is 7.93. The molecule has 3 N–H and O–H groups in total. The van der Waals surface area contributed by atoms with Crippen LogP contribution >= 0.6 is 0 Å². The molecule has 0 radical (unpaired) electrons. The van der Waals surface area contributed by atoms with Gasteiger partial charge in [0.15, 0.2) is 0 Å². The third-order valence-electron chi connectivity index (χ3n) is 2.56. The molecule has 0 aliphatic rings. The van der Waals surface area contributed by atoms with Gasteiger partial charge in [-0.1, -0.05) is 18.2 Å². The number of aromatic nitrogens is 2. The van der Waals surface area contributed by atoms with Crippen LogP contribution in [0.15, 0.2) is 30.5 Å². The SMILES string of the molecule is COCC(CN)Nc1cnnc2ccccc12. The quantitative estimate of drug-likeness (QED) is 0.805. The summed E-state index contributed by atoms with van der Waals surface area (Å²) in [6.45, 7) is 1.07. The Morgan fingerprint density at radius 1 is 1.41 bits per heavy atom. The zero-order valence-corrected chi connectivity index (χ0v) is 9.76. The molecule has 5 nitrogen and oxygen atoms in total. The van der Waals surface area contributed by atoms with Crippen molar-refractivity contribution in [3.05, 3.63) is 30.5 Å². The number of nitrogens with one attached hydrogen (secondary N) is 1. The second kappa shape index (κ2) is 5.56. The van der Waals surface area contributed by atoms with Gasteiger partial charge in [0.25, 0.3) is 0 Å². The molecule has 2 aromatic rings. The number of anilines is 1. The van der Waals surface area contributed by atoms with Gasteiger partial charge < -0.3 is 15.8 Å². The molecule has 1 unspecified atom stereocenters. The molecule has 0 aliphatic carbocycles. The van der Waals surface area contributed by atoms with E-state index in [0.29, 0.717) is 13.2 Å². The predicted octanol–water partition coefficient (Wildman–Crippen LogP) is 1.02. The van der Waals surface area contributed by atoms with E-state index in [9.17, 15) is 0 Å². The lowest BCUT2D eigenvalue weighted by Gasteiger charge is -2.17. The second-order valence-corrected chi connectivity index (χ2v) is 3.81. The Morgan fingerprint density at radius 2 is 2.24 bits per heavy atom. The van der Waals surface area contributed by atoms with Crippen LogP contribution in [0.3, 0.4) is 0 Å². The summed E-state index contributed by atoms with van der Waals surface area (Å²) in [5.74, 6) is 0. The van der Waals surface area contributed by atoms with Gasteiger partial charge >= 0.3 is 0 Å². The summed E-state index contributed by atoms with van der Waals surface area (Å²) in [6.07, 6.45) is 1.71. The maximum Gasteiger partial charge on any atom is 0.0950 e. The number of benzene rings is 1. The number of methoxy groups -OCH3 is 1. The van der Waals surface area contributed by atoms with Gasteiger partial charge in [0.05, 0.1) is 30.0 Å². The van der Waals surface area contributed by atoms with Crippen LogP contribution in [-0.2, 0) is 4.74 Å². The minimum Gasteiger partial charge on any atom is -0.383 e. The Kier molecular flexibility index (Phi) is 3.85. The van der Waals surface area contributed by atoms with Crippen molar-refractivity contribution in [2.75, 3.05) is 25.6 Å². The summed E-state index contributed by atoms with van der Waals surface area (Å²) < 4.78 is 5.10. The highest BCUT2D eigenvalue weighted by atomic mass is 16.5. The Morgan fingerprint density at radius 3 is 3.00 bits per heavy atom. The average molecular weight is 232 g/mol. The van der Waals surface area contributed by atoms with E-state index in [2.05, 4.69) is 15.5 Å². The van der Waals surface area contributed by atoms with Crippen molar-refractivity contribution in [2.45, 2.75) is 6.04 Å². The van der Waals surface area contributed by atoms with Crippen LogP contribution in [-0.4, -0.2) is 36.5 Å². The molecule has 1 heterocycles. The van der Waals surface area contributed by atoms with Crippen LogP contribution in [0.1, 0.15) is 0 Å². The molecule has 0 saturated carbocycles. The van der Waals surface area contributed by atoms with E-state index in [0.717, 1.165) is 16.6 Å². The molecule has 1 aromatic heterocycles. The molecule has 1 aromatic carbocycles. The summed E-state index contributed by atoms with van der Waals surface area (Å²) in [5.41, 5.74) is 7.47. The maximum absolute atomic E-state index is 5.67. The van der Waals surface area contributed by atoms with Gasteiger partial charge in [-0.2, -0.15) is 10.2 Å². The monoisotopic (exact) mass is 232 g/mol. The summed E-state index contributed by atoms with van der Waals surface area (Å²) in [5, 5.41) is 12.4. The molecule has 90 valence electrons. The number of hydrogen-bond acceptors (Lipinski definition) is 5. The van der Waals surface area contributed by atoms with Crippen LogP contribution in [0, 0.1) is 0 Å². The number of fused-ring (bicyclic) bond motifs is 1. The van der Waals surface area contributed by atoms with Crippen molar-refractivity contribution >= 4 is 16.6 Å². The van der Waals surface area contributed by atoms with Gasteiger partial charge in [-0.3, -0.25) is 0 Å². The highest BCUT2D eigenvalue weighted by Crippen LogP contribution is 2.20. The van der Waals surface area contributed by atoms with Crippen LogP contribution in [0.2, 0.25) is 0 Å². The molecular weight excluding hydrogens is 216 g/mol. The highest BCUT2D eigenvalue weighted by molar-refractivity contribution is 5.90. The minimum absolute atomic E-state index is 0.0765. The van der Waals surface area contributed by atoms with Gasteiger partial charge in [-0.05, 0) is 6.07 Å². The molecular formula is C12H16N4O. The Labute approximate surface area is 100.0 Å². The lowest BCUT2D eigenvalue weighted by Crippen LogP contribution is -2.33. The van der Waals surface area contributed by atoms with Gasteiger partial charge in [0.2, 0.25) is 0 Å². The first-order valence-electron chi connectivity index (χ1n) is 5.51. The molecule has 17 heavy (non-hydrogen) atoms. The molecule has 0 bridgehead atoms. The first kappa shape index (κ1) is 11.8. The van der Waals surface area contributed by atoms with Gasteiger partial charge in [-0.25, -0.2) is 0 Å². The molecule has 0 amide bonds. The molecule has 0 aliphatic heterocycles. The normalized spacial score (nSPS) is 12.6. The highest BCUT2D eigenvalue weighted by Gasteiger charge is 2.08. The largest absolute Gasteiger partial charge is 0.383 e. The molecule has 0 saturated heterocycles. The van der Waals surface area contributed by atoms with Gasteiger partial charge in [0.1, 0.15) is 0 Å². The van der Waals surface area contributed by atoms with Crippen molar-refractivity contribution in [2.24, 2.45) is 5.73 Å². The molecule has 2 rings (SSSR count). The number of ether oxygens (including phenoxy) is 1. The minimum atomic E-state index is 0.0765. The Bertz CT molecular complexity index is 483. The van der Waals surface area contributed by atoms with Crippen molar-refractivity contribution in [3.63, 3.8) is 0 Å². The van der Waals surface area contributed by atoms with Gasteiger partial charge in [-0.15, -0.1) is 0 Å². The van der Waals surface area contributed by atoms with E-state index in [1.54, 1.807) is 13.3 Å². The molecule has 5 heteroatoms. The van der Waals surface area contributed by atoms with Crippen LogP contribution < -0.4 is 11.1 Å². The lowest BCUT2D eigenvalue weighted by molar-refractivity contribution is 0.187. The lowest BCUT2D eigenvalue weighted by atomic mass is 10.2. The van der Waals surface area contributed by atoms with Crippen molar-refractivity contribution in [1.82, 2.24) is 10.2 Å². The summed E-state index contributed by atoms with van der Waals surface area (Å²) >= 11 is 0. The fourth-order valence-corrected chi connectivity index (χ4v) is 1.71. The predicted molar refractivity (Wildman–Crippen MR) is 67.9 cm³/mol. The number of nitrogens with zero attached hydrogens (tertiary/aromatic N) is 2. The standard InChI is InChI=1S/C12H16N4O/c1-17-8-9(6-13)15-12-7-14-16-11-5-3-2-4-10(11)12/h2-5,7,9H,6,8,13H2,1H3,(H,15,16).